The summed E-state index contributed by atoms with van der Waals surface area (Å²) >= 11 is 0. The summed E-state index contributed by atoms with van der Waals surface area (Å²) < 4.78 is 12.4. The van der Waals surface area contributed by atoms with Gasteiger partial charge in [0.1, 0.15) is 6.61 Å². The third-order valence-corrected chi connectivity index (χ3v) is 4.59. The summed E-state index contributed by atoms with van der Waals surface area (Å²) in [6.45, 7) is 7.76. The first kappa shape index (κ1) is 15.9. The first-order chi connectivity index (χ1) is 11.1. The molecule has 1 aromatic heterocycles. The van der Waals surface area contributed by atoms with Crippen LogP contribution in [0.15, 0.2) is 30.0 Å². The average Bonchev–Trinajstić information content (AvgIpc) is 3.23. The fraction of sp³-hybridized carbons (Fsp3) is 0.588. The lowest BCUT2D eigenvalue weighted by molar-refractivity contribution is 0.0528. The van der Waals surface area contributed by atoms with E-state index in [9.17, 15) is 4.79 Å². The van der Waals surface area contributed by atoms with E-state index in [0.717, 1.165) is 32.3 Å². The van der Waals surface area contributed by atoms with Crippen molar-refractivity contribution in [3.8, 4) is 0 Å². The van der Waals surface area contributed by atoms with E-state index < -0.39 is 5.97 Å². The Labute approximate surface area is 136 Å². The van der Waals surface area contributed by atoms with E-state index in [2.05, 4.69) is 29.9 Å². The molecule has 6 nitrogen and oxygen atoms in total. The van der Waals surface area contributed by atoms with E-state index in [1.54, 1.807) is 10.9 Å². The summed E-state index contributed by atoms with van der Waals surface area (Å²) in [6, 6.07) is 0.171. The van der Waals surface area contributed by atoms with Crippen LogP contribution < -0.4 is 0 Å². The highest BCUT2D eigenvalue weighted by atomic mass is 16.5. The van der Waals surface area contributed by atoms with Gasteiger partial charge in [0.25, 0.3) is 0 Å². The molecule has 23 heavy (non-hydrogen) atoms. The normalized spacial score (nSPS) is 24.3. The zero-order valence-electron chi connectivity index (χ0n) is 13.5. The summed E-state index contributed by atoms with van der Waals surface area (Å²) in [7, 11) is 0. The molecule has 124 valence electrons. The standard InChI is InChI=1S/C17H23N3O3/c1-12(2)14-5-3-13(4-6-14)10-23-17(21)16-9-20(19-18-16)15-7-8-22-11-15/h3,9,14-15H,1,4-8,10-11H2,2H3/t14-,15+/m1/s1. The summed E-state index contributed by atoms with van der Waals surface area (Å²) in [5.74, 6) is 0.140. The van der Waals surface area contributed by atoms with Crippen molar-refractivity contribution >= 4 is 5.97 Å². The van der Waals surface area contributed by atoms with Gasteiger partial charge in [-0.3, -0.25) is 0 Å². The zero-order valence-corrected chi connectivity index (χ0v) is 13.5. The zero-order chi connectivity index (χ0) is 16.2. The SMILES string of the molecule is C=C(C)[C@@H]1CC=C(COC(=O)c2cn([C@H]3CCOC3)nn2)CC1. The van der Waals surface area contributed by atoms with Gasteiger partial charge in [-0.05, 0) is 44.1 Å². The van der Waals surface area contributed by atoms with Gasteiger partial charge in [-0.25, -0.2) is 9.48 Å². The number of hydrogen-bond donors (Lipinski definition) is 0. The molecule has 0 bridgehead atoms. The first-order valence-corrected chi connectivity index (χ1v) is 8.13. The largest absolute Gasteiger partial charge is 0.456 e. The van der Waals surface area contributed by atoms with Gasteiger partial charge < -0.3 is 9.47 Å². The van der Waals surface area contributed by atoms with Gasteiger partial charge in [0.15, 0.2) is 5.69 Å². The molecular weight excluding hydrogens is 294 g/mol. The quantitative estimate of drug-likeness (QED) is 0.617. The highest BCUT2D eigenvalue weighted by Gasteiger charge is 2.22. The van der Waals surface area contributed by atoms with E-state index in [1.165, 1.54) is 11.1 Å². The second kappa shape index (κ2) is 7.08. The minimum Gasteiger partial charge on any atom is -0.456 e. The second-order valence-electron chi connectivity index (χ2n) is 6.36. The van der Waals surface area contributed by atoms with Crippen molar-refractivity contribution in [3.05, 3.63) is 35.7 Å². The number of esters is 1. The molecule has 2 heterocycles. The van der Waals surface area contributed by atoms with Gasteiger partial charge in [0.05, 0.1) is 18.8 Å². The number of carbonyl (C=O) groups excluding carboxylic acids is 1. The number of rotatable bonds is 5. The molecule has 0 amide bonds. The van der Waals surface area contributed by atoms with Crippen molar-refractivity contribution in [3.63, 3.8) is 0 Å². The van der Waals surface area contributed by atoms with Crippen LogP contribution in [0.2, 0.25) is 0 Å². The van der Waals surface area contributed by atoms with Crippen LogP contribution in [0.1, 0.15) is 49.1 Å². The molecule has 1 aromatic rings. The maximum atomic E-state index is 12.1. The minimum absolute atomic E-state index is 0.171. The fourth-order valence-electron chi connectivity index (χ4n) is 2.98. The van der Waals surface area contributed by atoms with Crippen LogP contribution in [0, 0.1) is 5.92 Å². The number of allylic oxidation sites excluding steroid dienone is 2. The third kappa shape index (κ3) is 3.88. The molecule has 6 heteroatoms. The van der Waals surface area contributed by atoms with Crippen LogP contribution in [0.25, 0.3) is 0 Å². The molecule has 1 saturated heterocycles. The molecule has 0 saturated carbocycles. The lowest BCUT2D eigenvalue weighted by Crippen LogP contribution is -2.13. The Bertz CT molecular complexity index is 614. The molecule has 0 radical (unpaired) electrons. The molecule has 0 N–H and O–H groups in total. The van der Waals surface area contributed by atoms with Crippen molar-refractivity contribution in [1.82, 2.24) is 15.0 Å². The Kier molecular flexibility index (Phi) is 4.91. The molecule has 0 aromatic carbocycles. The second-order valence-corrected chi connectivity index (χ2v) is 6.36. The Morgan fingerprint density at radius 2 is 2.39 bits per heavy atom. The van der Waals surface area contributed by atoms with E-state index in [1.807, 2.05) is 0 Å². The molecule has 2 atom stereocenters. The Hall–Kier alpha value is -1.95. The molecular formula is C17H23N3O3. The van der Waals surface area contributed by atoms with Crippen molar-refractivity contribution in [1.29, 1.82) is 0 Å². The van der Waals surface area contributed by atoms with Gasteiger partial charge in [0, 0.05) is 6.61 Å². The van der Waals surface area contributed by atoms with Crippen LogP contribution in [-0.2, 0) is 9.47 Å². The molecule has 2 aliphatic rings. The molecule has 1 fully saturated rings. The molecule has 0 unspecified atom stereocenters. The maximum Gasteiger partial charge on any atom is 0.360 e. The number of ether oxygens (including phenoxy) is 2. The minimum atomic E-state index is -0.418. The van der Waals surface area contributed by atoms with Gasteiger partial charge in [-0.15, -0.1) is 5.10 Å². The average molecular weight is 317 g/mol. The topological polar surface area (TPSA) is 66.2 Å². The fourth-order valence-corrected chi connectivity index (χ4v) is 2.98. The molecule has 0 spiro atoms. The lowest BCUT2D eigenvalue weighted by Gasteiger charge is -2.21. The summed E-state index contributed by atoms with van der Waals surface area (Å²) in [4.78, 5) is 12.1. The van der Waals surface area contributed by atoms with Gasteiger partial charge in [-0.1, -0.05) is 23.4 Å². The first-order valence-electron chi connectivity index (χ1n) is 8.13. The number of hydrogen-bond acceptors (Lipinski definition) is 5. The van der Waals surface area contributed by atoms with Crippen LogP contribution in [0.5, 0.6) is 0 Å². The monoisotopic (exact) mass is 317 g/mol. The van der Waals surface area contributed by atoms with Crippen LogP contribution >= 0.6 is 0 Å². The highest BCUT2D eigenvalue weighted by Crippen LogP contribution is 2.28. The third-order valence-electron chi connectivity index (χ3n) is 4.59. The summed E-state index contributed by atoms with van der Waals surface area (Å²) in [5, 5.41) is 7.92. The Balaban J connectivity index is 1.51. The Morgan fingerprint density at radius 3 is 3.04 bits per heavy atom. The van der Waals surface area contributed by atoms with Crippen molar-refractivity contribution < 1.29 is 14.3 Å². The molecule has 3 rings (SSSR count). The smallest absolute Gasteiger partial charge is 0.360 e. The lowest BCUT2D eigenvalue weighted by atomic mass is 9.86. The van der Waals surface area contributed by atoms with Gasteiger partial charge in [0.2, 0.25) is 0 Å². The highest BCUT2D eigenvalue weighted by molar-refractivity contribution is 5.86. The molecule has 1 aliphatic heterocycles. The predicted octanol–water partition coefficient (Wildman–Crippen LogP) is 2.70. The maximum absolute atomic E-state index is 12.1. The van der Waals surface area contributed by atoms with Crippen molar-refractivity contribution in [2.75, 3.05) is 19.8 Å². The Morgan fingerprint density at radius 1 is 1.52 bits per heavy atom. The van der Waals surface area contributed by atoms with E-state index >= 15 is 0 Å². The predicted molar refractivity (Wildman–Crippen MR) is 85.0 cm³/mol. The number of nitrogens with zero attached hydrogens (tertiary/aromatic N) is 3. The van der Waals surface area contributed by atoms with Crippen LogP contribution in [0.4, 0.5) is 0 Å². The number of aromatic nitrogens is 3. The number of carbonyl (C=O) groups is 1. The van der Waals surface area contributed by atoms with Crippen LogP contribution in [0.3, 0.4) is 0 Å². The van der Waals surface area contributed by atoms with Gasteiger partial charge in [-0.2, -0.15) is 0 Å². The van der Waals surface area contributed by atoms with Crippen molar-refractivity contribution in [2.24, 2.45) is 5.92 Å². The van der Waals surface area contributed by atoms with Crippen LogP contribution in [-0.4, -0.2) is 40.8 Å². The molecule has 1 aliphatic carbocycles. The summed E-state index contributed by atoms with van der Waals surface area (Å²) in [5.41, 5.74) is 2.66. The van der Waals surface area contributed by atoms with E-state index in [-0.39, 0.29) is 11.7 Å². The van der Waals surface area contributed by atoms with Gasteiger partial charge >= 0.3 is 5.97 Å². The van der Waals surface area contributed by atoms with E-state index in [0.29, 0.717) is 19.1 Å². The van der Waals surface area contributed by atoms with Crippen molar-refractivity contribution in [2.45, 2.75) is 38.6 Å². The van der Waals surface area contributed by atoms with E-state index in [4.69, 9.17) is 9.47 Å². The summed E-state index contributed by atoms with van der Waals surface area (Å²) in [6.07, 6.45) is 7.74.